The standard InChI is InChI=1S/C23H27F4NO.C2H6/c24-20-8-2-1-5-18(16-20)22(15-17-11-13-28-14-12-17)29-21-9-3-6-19(7-4-10-21)23(25,26)27;1-2/h1-3,7-10,16-17,22,28H,4-6,11-15H2;1-2H3/b9-3-,19-7?,21-10+;. The van der Waals surface area contributed by atoms with Crippen LogP contribution in [-0.2, 0) is 4.74 Å². The lowest BCUT2D eigenvalue weighted by molar-refractivity contribution is -0.0931. The number of ether oxygens (including phenoxy) is 1. The molecule has 1 heterocycles. The molecule has 1 unspecified atom stereocenters. The Kier molecular flexibility index (Phi) is 10.3. The van der Waals surface area contributed by atoms with Crippen LogP contribution < -0.4 is 5.32 Å². The second-order valence-electron chi connectivity index (χ2n) is 7.61. The van der Waals surface area contributed by atoms with Crippen LogP contribution in [-0.4, -0.2) is 25.4 Å². The molecule has 2 aliphatic carbocycles. The van der Waals surface area contributed by atoms with Gasteiger partial charge in [0.25, 0.3) is 0 Å². The summed E-state index contributed by atoms with van der Waals surface area (Å²) in [5, 5.41) is 3.34. The number of hydrogen-bond acceptors (Lipinski definition) is 2. The summed E-state index contributed by atoms with van der Waals surface area (Å²) in [6, 6.07) is 0. The monoisotopic (exact) mass is 439 g/mol. The lowest BCUT2D eigenvalue weighted by Gasteiger charge is -2.29. The summed E-state index contributed by atoms with van der Waals surface area (Å²) < 4.78 is 59.0. The molecule has 0 aromatic carbocycles. The van der Waals surface area contributed by atoms with Gasteiger partial charge < -0.3 is 10.1 Å². The quantitative estimate of drug-likeness (QED) is 0.360. The highest BCUT2D eigenvalue weighted by atomic mass is 19.4. The van der Waals surface area contributed by atoms with E-state index in [0.29, 0.717) is 18.1 Å². The van der Waals surface area contributed by atoms with Gasteiger partial charge in [-0.25, -0.2) is 4.39 Å². The first-order valence-corrected chi connectivity index (χ1v) is 11.1. The molecule has 0 radical (unpaired) electrons. The van der Waals surface area contributed by atoms with E-state index in [1.807, 2.05) is 19.9 Å². The molecule has 1 N–H and O–H groups in total. The summed E-state index contributed by atoms with van der Waals surface area (Å²) in [4.78, 5) is 0. The van der Waals surface area contributed by atoms with E-state index in [4.69, 9.17) is 4.74 Å². The molecule has 1 saturated heterocycles. The van der Waals surface area contributed by atoms with Gasteiger partial charge in [-0.3, -0.25) is 0 Å². The van der Waals surface area contributed by atoms with Crippen molar-refractivity contribution in [2.45, 2.75) is 64.7 Å². The normalized spacial score (nSPS) is 23.9. The molecule has 1 aliphatic heterocycles. The molecular formula is C25H33F4NO. The minimum Gasteiger partial charge on any atom is -0.486 e. The predicted octanol–water partition coefficient (Wildman–Crippen LogP) is 7.25. The highest BCUT2D eigenvalue weighted by Gasteiger charge is 2.32. The van der Waals surface area contributed by atoms with Gasteiger partial charge in [-0.15, -0.1) is 0 Å². The first kappa shape index (κ1) is 25.2. The molecule has 2 nitrogen and oxygen atoms in total. The minimum atomic E-state index is -4.31. The van der Waals surface area contributed by atoms with Gasteiger partial charge in [0.15, 0.2) is 0 Å². The summed E-state index contributed by atoms with van der Waals surface area (Å²) in [5.74, 6) is 0.698. The molecule has 0 aromatic rings. The molecule has 1 fully saturated rings. The van der Waals surface area contributed by atoms with Gasteiger partial charge in [0.05, 0.1) is 0 Å². The van der Waals surface area contributed by atoms with Crippen LogP contribution in [0.5, 0.6) is 0 Å². The third-order valence-corrected chi connectivity index (χ3v) is 5.43. The number of nitrogens with one attached hydrogen (secondary N) is 1. The Labute approximate surface area is 183 Å². The van der Waals surface area contributed by atoms with Crippen molar-refractivity contribution in [2.75, 3.05) is 13.1 Å². The Bertz CT molecular complexity index is 750. The number of hydrogen-bond donors (Lipinski definition) is 1. The van der Waals surface area contributed by atoms with Gasteiger partial charge in [0, 0.05) is 5.57 Å². The van der Waals surface area contributed by atoms with Crippen molar-refractivity contribution in [3.63, 3.8) is 0 Å². The maximum absolute atomic E-state index is 14.0. The molecule has 3 aliphatic rings. The summed E-state index contributed by atoms with van der Waals surface area (Å²) in [7, 11) is 0. The average molecular weight is 440 g/mol. The Morgan fingerprint density at radius 2 is 1.84 bits per heavy atom. The van der Waals surface area contributed by atoms with E-state index < -0.39 is 11.7 Å². The molecule has 172 valence electrons. The topological polar surface area (TPSA) is 21.3 Å². The summed E-state index contributed by atoms with van der Waals surface area (Å²) >= 11 is 0. The molecule has 31 heavy (non-hydrogen) atoms. The van der Waals surface area contributed by atoms with Gasteiger partial charge in [-0.1, -0.05) is 38.2 Å². The highest BCUT2D eigenvalue weighted by molar-refractivity contribution is 5.31. The lowest BCUT2D eigenvalue weighted by Crippen LogP contribution is -2.31. The van der Waals surface area contributed by atoms with E-state index in [2.05, 4.69) is 5.32 Å². The number of halogens is 4. The highest BCUT2D eigenvalue weighted by Crippen LogP contribution is 2.32. The molecule has 6 heteroatoms. The number of piperidine rings is 1. The molecular weight excluding hydrogens is 406 g/mol. The molecule has 0 bridgehead atoms. The predicted molar refractivity (Wildman–Crippen MR) is 118 cm³/mol. The minimum absolute atomic E-state index is 0.155. The summed E-state index contributed by atoms with van der Waals surface area (Å²) in [6.45, 7) is 5.91. The fraction of sp³-hybridized carbons (Fsp3) is 0.520. The maximum Gasteiger partial charge on any atom is 0.412 e. The van der Waals surface area contributed by atoms with Crippen LogP contribution in [0.25, 0.3) is 0 Å². The van der Waals surface area contributed by atoms with E-state index in [-0.39, 0.29) is 24.8 Å². The Hall–Kier alpha value is -2.08. The van der Waals surface area contributed by atoms with Crippen molar-refractivity contribution >= 4 is 0 Å². The van der Waals surface area contributed by atoms with Crippen molar-refractivity contribution in [2.24, 2.45) is 5.92 Å². The second-order valence-corrected chi connectivity index (χ2v) is 7.61. The fourth-order valence-corrected chi connectivity index (χ4v) is 3.82. The van der Waals surface area contributed by atoms with Gasteiger partial charge in [0.2, 0.25) is 0 Å². The first-order chi connectivity index (χ1) is 14.9. The first-order valence-electron chi connectivity index (χ1n) is 11.1. The second kappa shape index (κ2) is 12.7. The van der Waals surface area contributed by atoms with Gasteiger partial charge >= 0.3 is 6.18 Å². The smallest absolute Gasteiger partial charge is 0.412 e. The lowest BCUT2D eigenvalue weighted by atomic mass is 9.88. The largest absolute Gasteiger partial charge is 0.486 e. The van der Waals surface area contributed by atoms with E-state index in [1.165, 1.54) is 24.3 Å². The van der Waals surface area contributed by atoms with Gasteiger partial charge in [-0.05, 0) is 87.4 Å². The van der Waals surface area contributed by atoms with Crippen LogP contribution >= 0.6 is 0 Å². The number of allylic oxidation sites excluding steroid dienone is 10. The van der Waals surface area contributed by atoms with Crippen LogP contribution in [0.2, 0.25) is 0 Å². The van der Waals surface area contributed by atoms with Crippen LogP contribution in [0.3, 0.4) is 0 Å². The van der Waals surface area contributed by atoms with E-state index in [0.717, 1.165) is 37.9 Å². The van der Waals surface area contributed by atoms with Crippen LogP contribution in [0.15, 0.2) is 71.3 Å². The van der Waals surface area contributed by atoms with Crippen molar-refractivity contribution < 1.29 is 22.3 Å². The van der Waals surface area contributed by atoms with Gasteiger partial charge in [-0.2, -0.15) is 13.2 Å². The number of rotatable bonds is 5. The Morgan fingerprint density at radius 1 is 1.10 bits per heavy atom. The van der Waals surface area contributed by atoms with Crippen LogP contribution in [0.4, 0.5) is 17.6 Å². The van der Waals surface area contributed by atoms with Crippen LogP contribution in [0.1, 0.15) is 52.4 Å². The van der Waals surface area contributed by atoms with Crippen molar-refractivity contribution in [3.05, 3.63) is 71.3 Å². The van der Waals surface area contributed by atoms with Crippen molar-refractivity contribution in [1.82, 2.24) is 5.32 Å². The Morgan fingerprint density at radius 3 is 2.55 bits per heavy atom. The zero-order valence-corrected chi connectivity index (χ0v) is 18.4. The molecule has 3 rings (SSSR count). The maximum atomic E-state index is 14.0. The average Bonchev–Trinajstić information content (AvgIpc) is 2.95. The zero-order valence-electron chi connectivity index (χ0n) is 18.4. The zero-order chi connectivity index (χ0) is 22.7. The van der Waals surface area contributed by atoms with Crippen molar-refractivity contribution in [3.8, 4) is 0 Å². The molecule has 0 saturated carbocycles. The van der Waals surface area contributed by atoms with Crippen molar-refractivity contribution in [1.29, 1.82) is 0 Å². The molecule has 0 aromatic heterocycles. The van der Waals surface area contributed by atoms with E-state index in [9.17, 15) is 17.6 Å². The third kappa shape index (κ3) is 8.52. The Balaban J connectivity index is 0.00000166. The third-order valence-electron chi connectivity index (χ3n) is 5.43. The van der Waals surface area contributed by atoms with E-state index >= 15 is 0 Å². The fourth-order valence-electron chi connectivity index (χ4n) is 3.82. The summed E-state index contributed by atoms with van der Waals surface area (Å²) in [5.41, 5.74) is 0.313. The van der Waals surface area contributed by atoms with E-state index in [1.54, 1.807) is 18.2 Å². The molecule has 1 atom stereocenters. The molecule has 0 spiro atoms. The van der Waals surface area contributed by atoms with Gasteiger partial charge in [0.1, 0.15) is 17.7 Å². The van der Waals surface area contributed by atoms with Crippen LogP contribution in [0, 0.1) is 5.92 Å². The summed E-state index contributed by atoms with van der Waals surface area (Å²) in [6.07, 6.45) is 11.3. The number of alkyl halides is 3. The SMILES string of the molecule is CC.FC1=CC=CCC(C(CC2CCNCC2)OC2=C/CC=C(C(F)(F)F)C/C=C\2)=C1. The molecule has 0 amide bonds.